The summed E-state index contributed by atoms with van der Waals surface area (Å²) in [5, 5.41) is 14.4. The molecule has 3 rings (SSSR count). The fourth-order valence-corrected chi connectivity index (χ4v) is 2.63. The Morgan fingerprint density at radius 2 is 2.05 bits per heavy atom. The molecule has 7 heteroatoms. The predicted octanol–water partition coefficient (Wildman–Crippen LogP) is 1.46. The lowest BCUT2D eigenvalue weighted by Gasteiger charge is -2.32. The van der Waals surface area contributed by atoms with Gasteiger partial charge in [0.2, 0.25) is 5.91 Å². The molecule has 0 spiro atoms. The molecule has 0 aromatic heterocycles. The van der Waals surface area contributed by atoms with Gasteiger partial charge >= 0.3 is 5.97 Å². The Balaban J connectivity index is 1.71. The number of benzene rings is 1. The van der Waals surface area contributed by atoms with Crippen molar-refractivity contribution in [3.63, 3.8) is 0 Å². The van der Waals surface area contributed by atoms with Gasteiger partial charge in [0.25, 0.3) is 5.91 Å². The molecule has 0 radical (unpaired) electrons. The third-order valence-corrected chi connectivity index (χ3v) is 4.11. The van der Waals surface area contributed by atoms with Crippen molar-refractivity contribution in [3.05, 3.63) is 18.2 Å². The summed E-state index contributed by atoms with van der Waals surface area (Å²) in [7, 11) is 0. The van der Waals surface area contributed by atoms with Gasteiger partial charge in [-0.1, -0.05) is 0 Å². The van der Waals surface area contributed by atoms with Gasteiger partial charge in [-0.3, -0.25) is 14.4 Å². The smallest absolute Gasteiger partial charge is 0.307 e. The van der Waals surface area contributed by atoms with E-state index in [4.69, 9.17) is 9.84 Å². The second-order valence-corrected chi connectivity index (χ2v) is 5.58. The number of carbonyl (C=O) groups excluding carboxylic acids is 2. The third kappa shape index (κ3) is 2.49. The zero-order chi connectivity index (χ0) is 15.9. The Bertz CT molecular complexity index is 657. The van der Waals surface area contributed by atoms with E-state index in [1.54, 1.807) is 25.1 Å². The van der Waals surface area contributed by atoms with E-state index in [9.17, 15) is 14.4 Å². The summed E-state index contributed by atoms with van der Waals surface area (Å²) in [4.78, 5) is 34.6. The van der Waals surface area contributed by atoms with E-state index in [1.165, 1.54) is 0 Å². The van der Waals surface area contributed by atoms with Crippen LogP contribution in [0.1, 0.15) is 19.8 Å². The average Bonchev–Trinajstić information content (AvgIpc) is 2.38. The normalized spacial score (nSPS) is 26.0. The second kappa shape index (κ2) is 5.32. The largest absolute Gasteiger partial charge is 0.481 e. The molecule has 2 amide bonds. The highest BCUT2D eigenvalue weighted by molar-refractivity contribution is 6.00. The lowest BCUT2D eigenvalue weighted by Crippen LogP contribution is -2.41. The maximum Gasteiger partial charge on any atom is 0.307 e. The van der Waals surface area contributed by atoms with Gasteiger partial charge in [0.05, 0.1) is 17.5 Å². The molecular formula is C15H16N2O5. The van der Waals surface area contributed by atoms with E-state index in [-0.39, 0.29) is 11.8 Å². The lowest BCUT2D eigenvalue weighted by molar-refractivity contribution is -0.151. The number of aliphatic carboxylic acids is 1. The minimum absolute atomic E-state index is 0.249. The van der Waals surface area contributed by atoms with Crippen molar-refractivity contribution in [2.75, 3.05) is 10.6 Å². The Morgan fingerprint density at radius 3 is 2.68 bits per heavy atom. The number of carboxylic acids is 1. The molecule has 0 saturated heterocycles. The van der Waals surface area contributed by atoms with Crippen LogP contribution in [0, 0.1) is 11.8 Å². The summed E-state index contributed by atoms with van der Waals surface area (Å²) in [6, 6.07) is 4.93. The second-order valence-electron chi connectivity index (χ2n) is 5.58. The molecule has 116 valence electrons. The van der Waals surface area contributed by atoms with Crippen molar-refractivity contribution >= 4 is 29.2 Å². The van der Waals surface area contributed by atoms with Crippen LogP contribution < -0.4 is 15.4 Å². The van der Waals surface area contributed by atoms with Crippen LogP contribution in [0.2, 0.25) is 0 Å². The molecule has 3 N–H and O–H groups in total. The number of fused-ring (bicyclic) bond motifs is 1. The number of nitrogens with one attached hydrogen (secondary N) is 2. The molecule has 2 aliphatic rings. The van der Waals surface area contributed by atoms with E-state index in [2.05, 4.69) is 10.6 Å². The Morgan fingerprint density at radius 1 is 1.32 bits per heavy atom. The van der Waals surface area contributed by atoms with Gasteiger partial charge in [-0.25, -0.2) is 0 Å². The van der Waals surface area contributed by atoms with E-state index >= 15 is 0 Å². The van der Waals surface area contributed by atoms with Crippen LogP contribution in [0.25, 0.3) is 0 Å². The Labute approximate surface area is 126 Å². The first-order chi connectivity index (χ1) is 10.5. The zero-order valence-electron chi connectivity index (χ0n) is 12.0. The summed E-state index contributed by atoms with van der Waals surface area (Å²) in [6.07, 6.45) is 0.545. The number of carbonyl (C=O) groups is 3. The average molecular weight is 304 g/mol. The third-order valence-electron chi connectivity index (χ3n) is 4.11. The van der Waals surface area contributed by atoms with Crippen LogP contribution >= 0.6 is 0 Å². The molecule has 1 aliphatic carbocycles. The maximum absolute atomic E-state index is 12.1. The summed E-state index contributed by atoms with van der Waals surface area (Å²) in [5.74, 6) is -2.07. The monoisotopic (exact) mass is 304 g/mol. The summed E-state index contributed by atoms with van der Waals surface area (Å²) < 4.78 is 5.43. The first-order valence-electron chi connectivity index (χ1n) is 7.11. The fourth-order valence-electron chi connectivity index (χ4n) is 2.63. The van der Waals surface area contributed by atoms with Crippen molar-refractivity contribution in [2.24, 2.45) is 11.8 Å². The molecule has 1 saturated carbocycles. The molecule has 1 fully saturated rings. The van der Waals surface area contributed by atoms with Crippen molar-refractivity contribution in [1.82, 2.24) is 0 Å². The highest BCUT2D eigenvalue weighted by atomic mass is 16.5. The topological polar surface area (TPSA) is 105 Å². The SMILES string of the molecule is CC1Oc2ccc(NC(=O)C3CCC3C(=O)O)cc2NC1=O. The number of hydrogen-bond donors (Lipinski definition) is 3. The molecule has 3 atom stereocenters. The minimum atomic E-state index is -0.938. The molecule has 22 heavy (non-hydrogen) atoms. The maximum atomic E-state index is 12.1. The van der Waals surface area contributed by atoms with E-state index in [0.717, 1.165) is 0 Å². The lowest BCUT2D eigenvalue weighted by atomic mass is 9.73. The zero-order valence-corrected chi connectivity index (χ0v) is 12.0. The molecule has 0 bridgehead atoms. The summed E-state index contributed by atoms with van der Waals surface area (Å²) in [6.45, 7) is 1.65. The van der Waals surface area contributed by atoms with Crippen LogP contribution in [0.4, 0.5) is 11.4 Å². The van der Waals surface area contributed by atoms with Crippen molar-refractivity contribution in [1.29, 1.82) is 0 Å². The van der Waals surface area contributed by atoms with Gasteiger partial charge in [0.15, 0.2) is 6.10 Å². The van der Waals surface area contributed by atoms with Crippen LogP contribution in [0.3, 0.4) is 0 Å². The molecule has 7 nitrogen and oxygen atoms in total. The van der Waals surface area contributed by atoms with Crippen molar-refractivity contribution < 1.29 is 24.2 Å². The number of ether oxygens (including phenoxy) is 1. The van der Waals surface area contributed by atoms with E-state index in [1.807, 2.05) is 0 Å². The van der Waals surface area contributed by atoms with Gasteiger partial charge in [-0.05, 0) is 38.0 Å². The van der Waals surface area contributed by atoms with E-state index < -0.39 is 23.9 Å². The quantitative estimate of drug-likeness (QED) is 0.784. The van der Waals surface area contributed by atoms with Gasteiger partial charge in [0.1, 0.15) is 5.75 Å². The van der Waals surface area contributed by atoms with Crippen molar-refractivity contribution in [3.8, 4) is 5.75 Å². The highest BCUT2D eigenvalue weighted by Gasteiger charge is 2.41. The van der Waals surface area contributed by atoms with Gasteiger partial charge in [-0.15, -0.1) is 0 Å². The molecule has 1 heterocycles. The molecule has 1 aliphatic heterocycles. The van der Waals surface area contributed by atoms with Crippen molar-refractivity contribution in [2.45, 2.75) is 25.9 Å². The minimum Gasteiger partial charge on any atom is -0.481 e. The Hall–Kier alpha value is -2.57. The predicted molar refractivity (Wildman–Crippen MR) is 77.6 cm³/mol. The van der Waals surface area contributed by atoms with Gasteiger partial charge < -0.3 is 20.5 Å². The summed E-state index contributed by atoms with van der Waals surface area (Å²) >= 11 is 0. The highest BCUT2D eigenvalue weighted by Crippen LogP contribution is 2.36. The number of amides is 2. The van der Waals surface area contributed by atoms with Crippen LogP contribution in [0.5, 0.6) is 5.75 Å². The molecule has 1 aromatic carbocycles. The van der Waals surface area contributed by atoms with Crippen LogP contribution in [-0.4, -0.2) is 29.0 Å². The van der Waals surface area contributed by atoms with E-state index in [0.29, 0.717) is 30.0 Å². The van der Waals surface area contributed by atoms with Gasteiger partial charge in [-0.2, -0.15) is 0 Å². The van der Waals surface area contributed by atoms with Gasteiger partial charge in [0, 0.05) is 5.69 Å². The molecular weight excluding hydrogens is 288 g/mol. The molecule has 3 unspecified atom stereocenters. The Kier molecular flexibility index (Phi) is 3.48. The first kappa shape index (κ1) is 14.4. The number of rotatable bonds is 3. The molecule has 1 aromatic rings. The number of carboxylic acid groups (broad SMARTS) is 1. The fraction of sp³-hybridized carbons (Fsp3) is 0.400. The number of hydrogen-bond acceptors (Lipinski definition) is 4. The van der Waals surface area contributed by atoms with Crippen LogP contribution in [0.15, 0.2) is 18.2 Å². The first-order valence-corrected chi connectivity index (χ1v) is 7.11. The summed E-state index contributed by atoms with van der Waals surface area (Å²) in [5.41, 5.74) is 0.988. The number of anilines is 2. The standard InChI is InChI=1S/C15H16N2O5/c1-7-13(18)17-11-6-8(2-5-12(11)22-7)16-14(19)9-3-4-10(9)15(20)21/h2,5-7,9-10H,3-4H2,1H3,(H,16,19)(H,17,18)(H,20,21). The van der Waals surface area contributed by atoms with Crippen LogP contribution in [-0.2, 0) is 14.4 Å².